The number of nitrogens with one attached hydrogen (secondary N) is 2. The Morgan fingerprint density at radius 3 is 2.33 bits per heavy atom. The summed E-state index contributed by atoms with van der Waals surface area (Å²) in [5, 5.41) is 5.80. The predicted octanol–water partition coefficient (Wildman–Crippen LogP) is 4.70. The SMILES string of the molecule is Cc1ccc(SCCC(=O)NCc2ccc(NC(=O)C(C)C)cc2)cc1C. The minimum Gasteiger partial charge on any atom is -0.352 e. The minimum absolute atomic E-state index is 0.00248. The number of thioether (sulfide) groups is 1. The molecule has 0 aromatic heterocycles. The molecule has 0 saturated heterocycles. The molecular formula is C22H28N2O2S. The van der Waals surface area contributed by atoms with E-state index in [0.29, 0.717) is 13.0 Å². The smallest absolute Gasteiger partial charge is 0.226 e. The monoisotopic (exact) mass is 384 g/mol. The lowest BCUT2D eigenvalue weighted by Crippen LogP contribution is -2.23. The van der Waals surface area contributed by atoms with Gasteiger partial charge >= 0.3 is 0 Å². The molecule has 0 heterocycles. The normalized spacial score (nSPS) is 10.7. The van der Waals surface area contributed by atoms with Gasteiger partial charge in [-0.2, -0.15) is 0 Å². The van der Waals surface area contributed by atoms with E-state index < -0.39 is 0 Å². The fourth-order valence-electron chi connectivity index (χ4n) is 2.35. The quantitative estimate of drug-likeness (QED) is 0.649. The Hall–Kier alpha value is -2.27. The molecule has 0 radical (unpaired) electrons. The number of aryl methyl sites for hydroxylation is 2. The van der Waals surface area contributed by atoms with Gasteiger partial charge < -0.3 is 10.6 Å². The van der Waals surface area contributed by atoms with Crippen LogP contribution in [0.4, 0.5) is 5.69 Å². The molecule has 0 aliphatic rings. The van der Waals surface area contributed by atoms with Crippen LogP contribution in [0.2, 0.25) is 0 Å². The Morgan fingerprint density at radius 1 is 1.00 bits per heavy atom. The number of rotatable bonds is 8. The van der Waals surface area contributed by atoms with Crippen LogP contribution in [-0.2, 0) is 16.1 Å². The number of hydrogen-bond acceptors (Lipinski definition) is 3. The van der Waals surface area contributed by atoms with Crippen LogP contribution in [0.3, 0.4) is 0 Å². The third-order valence-corrected chi connectivity index (χ3v) is 5.31. The fraction of sp³-hybridized carbons (Fsp3) is 0.364. The summed E-state index contributed by atoms with van der Waals surface area (Å²) in [6.07, 6.45) is 0.486. The van der Waals surface area contributed by atoms with Gasteiger partial charge in [-0.1, -0.05) is 32.0 Å². The molecule has 0 aliphatic carbocycles. The standard InChI is InChI=1S/C22H28N2O2S/c1-15(2)22(26)24-19-8-6-18(7-9-19)14-23-21(25)11-12-27-20-10-5-16(3)17(4)13-20/h5-10,13,15H,11-12,14H2,1-4H3,(H,23,25)(H,24,26). The molecule has 5 heteroatoms. The van der Waals surface area contributed by atoms with Crippen LogP contribution in [0.15, 0.2) is 47.4 Å². The Bertz CT molecular complexity index is 785. The van der Waals surface area contributed by atoms with E-state index in [-0.39, 0.29) is 17.7 Å². The molecule has 144 valence electrons. The molecular weight excluding hydrogens is 356 g/mol. The van der Waals surface area contributed by atoms with Crippen molar-refractivity contribution in [3.05, 3.63) is 59.2 Å². The van der Waals surface area contributed by atoms with Gasteiger partial charge in [0.25, 0.3) is 0 Å². The molecule has 0 unspecified atom stereocenters. The summed E-state index contributed by atoms with van der Waals surface area (Å²) < 4.78 is 0. The van der Waals surface area contributed by atoms with Gasteiger partial charge in [0.2, 0.25) is 11.8 Å². The molecule has 0 bridgehead atoms. The number of carbonyl (C=O) groups excluding carboxylic acids is 2. The van der Waals surface area contributed by atoms with Crippen molar-refractivity contribution in [2.75, 3.05) is 11.1 Å². The van der Waals surface area contributed by atoms with E-state index >= 15 is 0 Å². The van der Waals surface area contributed by atoms with Crippen molar-refractivity contribution in [3.63, 3.8) is 0 Å². The zero-order chi connectivity index (χ0) is 19.8. The van der Waals surface area contributed by atoms with Crippen molar-refractivity contribution >= 4 is 29.3 Å². The molecule has 0 spiro atoms. The Balaban J connectivity index is 1.71. The summed E-state index contributed by atoms with van der Waals surface area (Å²) in [7, 11) is 0. The molecule has 0 atom stereocenters. The average molecular weight is 385 g/mol. The van der Waals surface area contributed by atoms with Crippen LogP contribution >= 0.6 is 11.8 Å². The molecule has 2 N–H and O–H groups in total. The average Bonchev–Trinajstić information content (AvgIpc) is 2.64. The topological polar surface area (TPSA) is 58.2 Å². The number of hydrogen-bond donors (Lipinski definition) is 2. The van der Waals surface area contributed by atoms with E-state index in [0.717, 1.165) is 17.0 Å². The van der Waals surface area contributed by atoms with Crippen LogP contribution in [-0.4, -0.2) is 17.6 Å². The molecule has 0 fully saturated rings. The highest BCUT2D eigenvalue weighted by Gasteiger charge is 2.07. The van der Waals surface area contributed by atoms with Crippen LogP contribution in [0, 0.1) is 19.8 Å². The maximum absolute atomic E-state index is 12.0. The number of anilines is 1. The highest BCUT2D eigenvalue weighted by molar-refractivity contribution is 7.99. The van der Waals surface area contributed by atoms with E-state index in [2.05, 4.69) is 42.7 Å². The highest BCUT2D eigenvalue weighted by Crippen LogP contribution is 2.21. The van der Waals surface area contributed by atoms with Gasteiger partial charge in [-0.25, -0.2) is 0 Å². The molecule has 2 rings (SSSR count). The maximum Gasteiger partial charge on any atom is 0.226 e. The summed E-state index contributed by atoms with van der Waals surface area (Å²) >= 11 is 1.70. The van der Waals surface area contributed by atoms with Crippen LogP contribution in [0.25, 0.3) is 0 Å². The molecule has 27 heavy (non-hydrogen) atoms. The second-order valence-electron chi connectivity index (χ2n) is 6.96. The van der Waals surface area contributed by atoms with Gasteiger partial charge in [0.1, 0.15) is 0 Å². The molecule has 4 nitrogen and oxygen atoms in total. The minimum atomic E-state index is -0.0503. The fourth-order valence-corrected chi connectivity index (χ4v) is 3.29. The van der Waals surface area contributed by atoms with Gasteiger partial charge in [-0.3, -0.25) is 9.59 Å². The van der Waals surface area contributed by atoms with Gasteiger partial charge in [0, 0.05) is 35.2 Å². The Labute approximate surface area is 166 Å². The lowest BCUT2D eigenvalue weighted by molar-refractivity contribution is -0.121. The number of carbonyl (C=O) groups is 2. The summed E-state index contributed by atoms with van der Waals surface area (Å²) in [6.45, 7) is 8.41. The van der Waals surface area contributed by atoms with Crippen molar-refractivity contribution in [1.29, 1.82) is 0 Å². The van der Waals surface area contributed by atoms with Crippen molar-refractivity contribution < 1.29 is 9.59 Å². The van der Waals surface area contributed by atoms with Crippen molar-refractivity contribution in [2.45, 2.75) is 45.6 Å². The van der Waals surface area contributed by atoms with E-state index in [1.54, 1.807) is 11.8 Å². The highest BCUT2D eigenvalue weighted by atomic mass is 32.2. The third kappa shape index (κ3) is 7.10. The number of benzene rings is 2. The predicted molar refractivity (Wildman–Crippen MR) is 113 cm³/mol. The van der Waals surface area contributed by atoms with Crippen LogP contribution in [0.5, 0.6) is 0 Å². The third-order valence-electron chi connectivity index (χ3n) is 4.31. The second kappa shape index (κ2) is 10.2. The van der Waals surface area contributed by atoms with E-state index in [9.17, 15) is 9.59 Å². The maximum atomic E-state index is 12.0. The van der Waals surface area contributed by atoms with Gasteiger partial charge in [-0.05, 0) is 54.8 Å². The van der Waals surface area contributed by atoms with Gasteiger partial charge in [-0.15, -0.1) is 11.8 Å². The Morgan fingerprint density at radius 2 is 1.70 bits per heavy atom. The summed E-state index contributed by atoms with van der Waals surface area (Å²) in [4.78, 5) is 24.9. The van der Waals surface area contributed by atoms with Crippen LogP contribution < -0.4 is 10.6 Å². The molecule has 0 aliphatic heterocycles. The summed E-state index contributed by atoms with van der Waals surface area (Å²) in [5.74, 6) is 0.751. The summed E-state index contributed by atoms with van der Waals surface area (Å²) in [5.41, 5.74) is 4.34. The molecule has 2 aromatic rings. The molecule has 2 amide bonds. The van der Waals surface area contributed by atoms with E-state index in [1.807, 2.05) is 38.1 Å². The van der Waals surface area contributed by atoms with Crippen molar-refractivity contribution in [3.8, 4) is 0 Å². The van der Waals surface area contributed by atoms with Gasteiger partial charge in [0.05, 0.1) is 0 Å². The first-order valence-electron chi connectivity index (χ1n) is 9.21. The van der Waals surface area contributed by atoms with Crippen molar-refractivity contribution in [1.82, 2.24) is 5.32 Å². The van der Waals surface area contributed by atoms with Gasteiger partial charge in [0.15, 0.2) is 0 Å². The Kier molecular flexibility index (Phi) is 7.92. The second-order valence-corrected chi connectivity index (χ2v) is 8.13. The zero-order valence-electron chi connectivity index (χ0n) is 16.5. The lowest BCUT2D eigenvalue weighted by atomic mass is 10.1. The largest absolute Gasteiger partial charge is 0.352 e. The van der Waals surface area contributed by atoms with E-state index in [4.69, 9.17) is 0 Å². The van der Waals surface area contributed by atoms with Crippen molar-refractivity contribution in [2.24, 2.45) is 5.92 Å². The lowest BCUT2D eigenvalue weighted by Gasteiger charge is -2.09. The van der Waals surface area contributed by atoms with Crippen LogP contribution in [0.1, 0.15) is 37.0 Å². The number of amides is 2. The zero-order valence-corrected chi connectivity index (χ0v) is 17.3. The van der Waals surface area contributed by atoms with E-state index in [1.165, 1.54) is 16.0 Å². The molecule has 0 saturated carbocycles. The first-order valence-corrected chi connectivity index (χ1v) is 10.2. The molecule has 2 aromatic carbocycles. The summed E-state index contributed by atoms with van der Waals surface area (Å²) in [6, 6.07) is 13.9. The first kappa shape index (κ1) is 21.0. The first-order chi connectivity index (χ1) is 12.8.